The number of hydrogen-bond donors (Lipinski definition) is 1. The van der Waals surface area contributed by atoms with Crippen LogP contribution in [0.2, 0.25) is 15.1 Å². The van der Waals surface area contributed by atoms with Crippen LogP contribution >= 0.6 is 34.8 Å². The van der Waals surface area contributed by atoms with Crippen molar-refractivity contribution in [3.8, 4) is 0 Å². The maximum absolute atomic E-state index is 12.2. The third kappa shape index (κ3) is 6.46. The van der Waals surface area contributed by atoms with Crippen LogP contribution in [0.4, 0.5) is 17.1 Å². The number of benzene rings is 2. The van der Waals surface area contributed by atoms with Crippen molar-refractivity contribution in [2.24, 2.45) is 0 Å². The van der Waals surface area contributed by atoms with E-state index in [2.05, 4.69) is 5.32 Å². The number of nitro benzene ring substituents is 1. The van der Waals surface area contributed by atoms with E-state index < -0.39 is 20.9 Å². The van der Waals surface area contributed by atoms with E-state index in [4.69, 9.17) is 34.8 Å². The van der Waals surface area contributed by atoms with Crippen LogP contribution in [0.25, 0.3) is 0 Å². The third-order valence-electron chi connectivity index (χ3n) is 3.78. The lowest BCUT2D eigenvalue weighted by molar-refractivity contribution is -0.384. The molecule has 0 aliphatic heterocycles. The molecule has 2 aromatic carbocycles. The van der Waals surface area contributed by atoms with Crippen LogP contribution in [0.3, 0.4) is 0 Å². The van der Waals surface area contributed by atoms with Gasteiger partial charge in [-0.3, -0.25) is 19.2 Å². The van der Waals surface area contributed by atoms with Crippen LogP contribution in [0, 0.1) is 10.1 Å². The van der Waals surface area contributed by atoms with Gasteiger partial charge in [0.15, 0.2) is 0 Å². The Bertz CT molecular complexity index is 1050. The van der Waals surface area contributed by atoms with Gasteiger partial charge in [-0.15, -0.1) is 0 Å². The number of amides is 1. The SMILES string of the molecule is CS(=O)(=O)N(CCCC(=O)Nc1cc([N+](=O)[O-])ccc1Cl)c1cc(Cl)ccc1Cl. The molecule has 0 fully saturated rings. The summed E-state index contributed by atoms with van der Waals surface area (Å²) in [7, 11) is -3.67. The zero-order valence-corrected chi connectivity index (χ0v) is 18.1. The van der Waals surface area contributed by atoms with Crippen LogP contribution in [-0.4, -0.2) is 32.0 Å². The molecule has 1 N–H and O–H groups in total. The first-order valence-electron chi connectivity index (χ1n) is 8.15. The lowest BCUT2D eigenvalue weighted by Crippen LogP contribution is -2.31. The Morgan fingerprint density at radius 3 is 2.41 bits per heavy atom. The summed E-state index contributed by atoms with van der Waals surface area (Å²) in [5.41, 5.74) is 0.0936. The molecule has 0 aromatic heterocycles. The zero-order valence-electron chi connectivity index (χ0n) is 15.1. The fourth-order valence-electron chi connectivity index (χ4n) is 2.46. The highest BCUT2D eigenvalue weighted by Gasteiger charge is 2.21. The van der Waals surface area contributed by atoms with Crippen molar-refractivity contribution < 1.29 is 18.1 Å². The molecule has 0 aliphatic carbocycles. The first kappa shape index (κ1) is 23.2. The first-order valence-corrected chi connectivity index (χ1v) is 11.1. The molecule has 1 amide bonds. The van der Waals surface area contributed by atoms with Gasteiger partial charge in [0.2, 0.25) is 15.9 Å². The van der Waals surface area contributed by atoms with E-state index in [-0.39, 0.29) is 46.5 Å². The molecule has 0 saturated carbocycles. The fourth-order valence-corrected chi connectivity index (χ4v) is 4.03. The van der Waals surface area contributed by atoms with Gasteiger partial charge < -0.3 is 5.32 Å². The second kappa shape index (κ2) is 9.62. The average Bonchev–Trinajstić information content (AvgIpc) is 2.61. The van der Waals surface area contributed by atoms with Crippen molar-refractivity contribution in [2.45, 2.75) is 12.8 Å². The predicted octanol–water partition coefficient (Wildman–Crippen LogP) is 4.74. The Labute approximate surface area is 182 Å². The summed E-state index contributed by atoms with van der Waals surface area (Å²) in [5.74, 6) is -0.474. The third-order valence-corrected chi connectivity index (χ3v) is 5.84. The molecule has 0 heterocycles. The second-order valence-corrected chi connectivity index (χ2v) is 9.16. The highest BCUT2D eigenvalue weighted by atomic mass is 35.5. The van der Waals surface area contributed by atoms with Crippen molar-refractivity contribution in [2.75, 3.05) is 22.4 Å². The number of non-ortho nitro benzene ring substituents is 1. The number of halogens is 3. The van der Waals surface area contributed by atoms with Gasteiger partial charge in [0.1, 0.15) is 0 Å². The van der Waals surface area contributed by atoms with E-state index in [0.717, 1.165) is 16.6 Å². The molecule has 29 heavy (non-hydrogen) atoms. The quantitative estimate of drug-likeness (QED) is 0.433. The number of anilines is 2. The molecule has 0 radical (unpaired) electrons. The summed E-state index contributed by atoms with van der Waals surface area (Å²) in [6, 6.07) is 8.11. The van der Waals surface area contributed by atoms with Crippen LogP contribution in [0.15, 0.2) is 36.4 Å². The monoisotopic (exact) mass is 479 g/mol. The number of nitrogens with one attached hydrogen (secondary N) is 1. The van der Waals surface area contributed by atoms with E-state index in [1.54, 1.807) is 0 Å². The predicted molar refractivity (Wildman–Crippen MR) is 115 cm³/mol. The van der Waals surface area contributed by atoms with Gasteiger partial charge in [-0.1, -0.05) is 34.8 Å². The van der Waals surface area contributed by atoms with Crippen molar-refractivity contribution in [1.29, 1.82) is 0 Å². The minimum atomic E-state index is -3.67. The molecule has 12 heteroatoms. The molecule has 0 bridgehead atoms. The fraction of sp³-hybridized carbons (Fsp3) is 0.235. The highest BCUT2D eigenvalue weighted by Crippen LogP contribution is 2.31. The molecule has 156 valence electrons. The Morgan fingerprint density at radius 1 is 1.14 bits per heavy atom. The van der Waals surface area contributed by atoms with Gasteiger partial charge in [-0.25, -0.2) is 8.42 Å². The number of carbonyl (C=O) groups excluding carboxylic acids is 1. The number of sulfonamides is 1. The van der Waals surface area contributed by atoms with E-state index in [9.17, 15) is 23.3 Å². The lowest BCUT2D eigenvalue weighted by Gasteiger charge is -2.23. The molecule has 0 aliphatic rings. The van der Waals surface area contributed by atoms with Crippen molar-refractivity contribution in [1.82, 2.24) is 0 Å². The second-order valence-electron chi connectivity index (χ2n) is 6.00. The normalized spacial score (nSPS) is 11.2. The summed E-state index contributed by atoms with van der Waals surface area (Å²) in [6.45, 7) is -0.0189. The molecule has 0 saturated heterocycles. The minimum Gasteiger partial charge on any atom is -0.325 e. The smallest absolute Gasteiger partial charge is 0.271 e. The largest absolute Gasteiger partial charge is 0.325 e. The summed E-state index contributed by atoms with van der Waals surface area (Å²) in [5, 5.41) is 14.0. The Hall–Kier alpha value is -2.07. The van der Waals surface area contributed by atoms with Crippen molar-refractivity contribution in [3.63, 3.8) is 0 Å². The highest BCUT2D eigenvalue weighted by molar-refractivity contribution is 7.92. The van der Waals surface area contributed by atoms with Gasteiger partial charge in [0.25, 0.3) is 5.69 Å². The molecule has 0 atom stereocenters. The molecular weight excluding hydrogens is 465 g/mol. The standard InChI is InChI=1S/C17H16Cl3N3O5S/c1-29(27,28)22(16-9-11(18)4-6-14(16)20)8-2-3-17(24)21-15-10-12(23(25)26)5-7-13(15)19/h4-7,9-10H,2-3,8H2,1H3,(H,21,24). The molecular formula is C17H16Cl3N3O5S. The molecule has 2 rings (SSSR count). The van der Waals surface area contributed by atoms with Crippen LogP contribution in [-0.2, 0) is 14.8 Å². The number of hydrogen-bond acceptors (Lipinski definition) is 5. The topological polar surface area (TPSA) is 110 Å². The van der Waals surface area contributed by atoms with E-state index in [1.807, 2.05) is 0 Å². The summed E-state index contributed by atoms with van der Waals surface area (Å²) >= 11 is 18.0. The van der Waals surface area contributed by atoms with Gasteiger partial charge in [0, 0.05) is 30.1 Å². The molecule has 0 spiro atoms. The summed E-state index contributed by atoms with van der Waals surface area (Å²) < 4.78 is 25.4. The molecule has 8 nitrogen and oxygen atoms in total. The van der Waals surface area contributed by atoms with Gasteiger partial charge >= 0.3 is 0 Å². The van der Waals surface area contributed by atoms with E-state index >= 15 is 0 Å². The van der Waals surface area contributed by atoms with Crippen molar-refractivity contribution in [3.05, 3.63) is 61.6 Å². The van der Waals surface area contributed by atoms with Crippen LogP contribution < -0.4 is 9.62 Å². The zero-order chi connectivity index (χ0) is 21.8. The summed E-state index contributed by atoms with van der Waals surface area (Å²) in [4.78, 5) is 22.4. The van der Waals surface area contributed by atoms with Crippen LogP contribution in [0.1, 0.15) is 12.8 Å². The number of nitro groups is 1. The minimum absolute atomic E-state index is 0.0189. The summed E-state index contributed by atoms with van der Waals surface area (Å²) in [6.07, 6.45) is 1.13. The maximum Gasteiger partial charge on any atom is 0.271 e. The van der Waals surface area contributed by atoms with Crippen LogP contribution in [0.5, 0.6) is 0 Å². The molecule has 0 unspecified atom stereocenters. The Kier molecular flexibility index (Phi) is 7.70. The average molecular weight is 481 g/mol. The number of nitrogens with zero attached hydrogens (tertiary/aromatic N) is 2. The van der Waals surface area contributed by atoms with Crippen molar-refractivity contribution >= 4 is 67.8 Å². The number of carbonyl (C=O) groups is 1. The maximum atomic E-state index is 12.2. The van der Waals surface area contributed by atoms with Gasteiger partial charge in [0.05, 0.1) is 32.6 Å². The number of rotatable bonds is 8. The Balaban J connectivity index is 2.07. The first-order chi connectivity index (χ1) is 13.5. The molecule has 2 aromatic rings. The van der Waals surface area contributed by atoms with Gasteiger partial charge in [-0.05, 0) is 30.7 Å². The van der Waals surface area contributed by atoms with Gasteiger partial charge in [-0.2, -0.15) is 0 Å². The van der Waals surface area contributed by atoms with E-state index in [1.165, 1.54) is 30.3 Å². The Morgan fingerprint density at radius 2 is 1.79 bits per heavy atom. The lowest BCUT2D eigenvalue weighted by atomic mass is 10.2. The van der Waals surface area contributed by atoms with E-state index in [0.29, 0.717) is 5.02 Å².